The van der Waals surface area contributed by atoms with E-state index < -0.39 is 28.9 Å². The highest BCUT2D eigenvalue weighted by Gasteiger charge is 2.45. The number of rotatable bonds is 12. The van der Waals surface area contributed by atoms with E-state index in [-0.39, 0.29) is 42.8 Å². The quantitative estimate of drug-likeness (QED) is 0.0993. The number of halogens is 1. The summed E-state index contributed by atoms with van der Waals surface area (Å²) in [5, 5.41) is 15.8. The molecule has 0 saturated carbocycles. The molecule has 4 aromatic rings. The van der Waals surface area contributed by atoms with Gasteiger partial charge in [-0.1, -0.05) is 54.1 Å². The average molecular weight is 620 g/mol. The van der Waals surface area contributed by atoms with Gasteiger partial charge >= 0.3 is 5.97 Å². The number of benzene rings is 3. The molecule has 1 fully saturated rings. The second-order valence-corrected chi connectivity index (χ2v) is 11.2. The lowest BCUT2D eigenvalue weighted by Crippen LogP contribution is -2.65. The normalized spacial score (nSPS) is 14.9. The van der Waals surface area contributed by atoms with Crippen molar-refractivity contribution in [1.29, 1.82) is 0 Å². The highest BCUT2D eigenvalue weighted by atomic mass is 35.5. The van der Waals surface area contributed by atoms with Crippen LogP contribution in [0, 0.1) is 10.1 Å². The summed E-state index contributed by atoms with van der Waals surface area (Å²) >= 11 is 7.98. The summed E-state index contributed by atoms with van der Waals surface area (Å²) in [5.74, 6) is -1.04. The van der Waals surface area contributed by atoms with E-state index in [4.69, 9.17) is 21.1 Å². The van der Waals surface area contributed by atoms with Crippen LogP contribution in [-0.4, -0.2) is 40.2 Å². The summed E-state index contributed by atoms with van der Waals surface area (Å²) in [6, 6.07) is 21.7. The molecule has 3 aromatic carbocycles. The molecule has 0 aliphatic carbocycles. The second-order valence-electron chi connectivity index (χ2n) is 9.76. The SMILES string of the molecule is O=C(Cc1cccs1)N[C@@H]1CN(C(C(=O)OCc2ccc([N+](=O)[O-])cc2)c2ccc(OCc3ccccc3)c(Cl)c2)C1=O. The Morgan fingerprint density at radius 1 is 1.02 bits per heavy atom. The number of esters is 1. The van der Waals surface area contributed by atoms with Crippen LogP contribution in [0.4, 0.5) is 5.69 Å². The summed E-state index contributed by atoms with van der Waals surface area (Å²) in [6.07, 6.45) is 0.155. The van der Waals surface area contributed by atoms with Gasteiger partial charge in [-0.05, 0) is 52.4 Å². The summed E-state index contributed by atoms with van der Waals surface area (Å²) in [5.41, 5.74) is 1.81. The minimum Gasteiger partial charge on any atom is -0.487 e. The van der Waals surface area contributed by atoms with Crippen molar-refractivity contribution < 1.29 is 28.8 Å². The molecule has 10 nitrogen and oxygen atoms in total. The van der Waals surface area contributed by atoms with Gasteiger partial charge in [0.1, 0.15) is 25.0 Å². The zero-order valence-corrected chi connectivity index (χ0v) is 24.3. The van der Waals surface area contributed by atoms with E-state index >= 15 is 0 Å². The van der Waals surface area contributed by atoms with Crippen LogP contribution in [0.2, 0.25) is 5.02 Å². The van der Waals surface area contributed by atoms with Crippen molar-refractivity contribution in [2.75, 3.05) is 6.54 Å². The fraction of sp³-hybridized carbons (Fsp3) is 0.194. The second kappa shape index (κ2) is 13.5. The third kappa shape index (κ3) is 7.37. The number of likely N-dealkylation sites (tertiary alicyclic amines) is 1. The average Bonchev–Trinajstić information content (AvgIpc) is 3.52. The molecule has 220 valence electrons. The first kappa shape index (κ1) is 29.7. The molecule has 0 radical (unpaired) electrons. The molecule has 2 heterocycles. The van der Waals surface area contributed by atoms with Gasteiger partial charge in [-0.3, -0.25) is 19.7 Å². The summed E-state index contributed by atoms with van der Waals surface area (Å²) in [6.45, 7) is 0.219. The Bertz CT molecular complexity index is 1610. The van der Waals surface area contributed by atoms with E-state index in [2.05, 4.69) is 5.32 Å². The number of nitrogens with one attached hydrogen (secondary N) is 1. The van der Waals surface area contributed by atoms with E-state index in [0.29, 0.717) is 16.9 Å². The Hall–Kier alpha value is -4.74. The van der Waals surface area contributed by atoms with Crippen molar-refractivity contribution in [1.82, 2.24) is 10.2 Å². The van der Waals surface area contributed by atoms with E-state index in [9.17, 15) is 24.5 Å². The number of carbonyl (C=O) groups excluding carboxylic acids is 3. The van der Waals surface area contributed by atoms with Crippen molar-refractivity contribution in [2.24, 2.45) is 0 Å². The number of carbonyl (C=O) groups is 3. The number of non-ortho nitro benzene ring substituents is 1. The zero-order valence-electron chi connectivity index (χ0n) is 22.7. The minimum atomic E-state index is -1.14. The third-order valence-electron chi connectivity index (χ3n) is 6.78. The van der Waals surface area contributed by atoms with Crippen LogP contribution in [0.15, 0.2) is 90.3 Å². The fourth-order valence-electron chi connectivity index (χ4n) is 4.54. The highest BCUT2D eigenvalue weighted by Crippen LogP contribution is 2.34. The molecule has 5 rings (SSSR count). The molecule has 43 heavy (non-hydrogen) atoms. The molecule has 1 aliphatic heterocycles. The standard InChI is InChI=1S/C31H26ClN3O7S/c32-25-15-22(10-13-27(25)41-18-20-5-2-1-3-6-20)29(31(38)42-19-21-8-11-23(12-9-21)35(39)40)34-17-26(30(34)37)33-28(36)16-24-7-4-14-43-24/h1-15,26,29H,16-19H2,(H,33,36)/t26-,29?/m1/s1. The van der Waals surface area contributed by atoms with Crippen LogP contribution in [0.3, 0.4) is 0 Å². The Balaban J connectivity index is 1.30. The summed E-state index contributed by atoms with van der Waals surface area (Å²) < 4.78 is 11.4. The van der Waals surface area contributed by atoms with Gasteiger partial charge in [-0.15, -0.1) is 11.3 Å². The van der Waals surface area contributed by atoms with Crippen molar-refractivity contribution >= 4 is 46.4 Å². The summed E-state index contributed by atoms with van der Waals surface area (Å²) in [4.78, 5) is 51.7. The predicted octanol–water partition coefficient (Wildman–Crippen LogP) is 5.24. The topological polar surface area (TPSA) is 128 Å². The number of hydrogen-bond acceptors (Lipinski definition) is 8. The van der Waals surface area contributed by atoms with Crippen molar-refractivity contribution in [2.45, 2.75) is 31.7 Å². The van der Waals surface area contributed by atoms with Gasteiger partial charge in [0.2, 0.25) is 11.8 Å². The van der Waals surface area contributed by atoms with E-state index in [1.165, 1.54) is 40.5 Å². The van der Waals surface area contributed by atoms with Gasteiger partial charge in [0, 0.05) is 17.0 Å². The van der Waals surface area contributed by atoms with E-state index in [1.807, 2.05) is 47.8 Å². The van der Waals surface area contributed by atoms with E-state index in [0.717, 1.165) is 10.4 Å². The maximum absolute atomic E-state index is 13.4. The first-order valence-corrected chi connectivity index (χ1v) is 14.5. The molecule has 12 heteroatoms. The number of nitro groups is 1. The lowest BCUT2D eigenvalue weighted by atomic mass is 9.98. The maximum Gasteiger partial charge on any atom is 0.333 e. The number of hydrogen-bond donors (Lipinski definition) is 1. The maximum atomic E-state index is 13.4. The van der Waals surface area contributed by atoms with Crippen molar-refractivity contribution in [3.63, 3.8) is 0 Å². The Morgan fingerprint density at radius 3 is 2.42 bits per heavy atom. The number of nitrogens with zero attached hydrogens (tertiary/aromatic N) is 2. The lowest BCUT2D eigenvalue weighted by molar-refractivity contribution is -0.384. The lowest BCUT2D eigenvalue weighted by Gasteiger charge is -2.42. The molecule has 0 spiro atoms. The molecule has 1 aliphatic rings. The van der Waals surface area contributed by atoms with Crippen LogP contribution in [-0.2, 0) is 38.8 Å². The van der Waals surface area contributed by atoms with Crippen LogP contribution in [0.25, 0.3) is 0 Å². The van der Waals surface area contributed by atoms with Gasteiger partial charge in [0.05, 0.1) is 22.9 Å². The van der Waals surface area contributed by atoms with Gasteiger partial charge < -0.3 is 19.7 Å². The highest BCUT2D eigenvalue weighted by molar-refractivity contribution is 7.10. The predicted molar refractivity (Wildman–Crippen MR) is 160 cm³/mol. The largest absolute Gasteiger partial charge is 0.487 e. The number of thiophene rings is 1. The van der Waals surface area contributed by atoms with Gasteiger partial charge in [0.15, 0.2) is 6.04 Å². The first-order chi connectivity index (χ1) is 20.8. The Labute approximate surface area is 255 Å². The van der Waals surface area contributed by atoms with E-state index in [1.54, 1.807) is 18.2 Å². The Morgan fingerprint density at radius 2 is 1.77 bits per heavy atom. The molecule has 2 amide bonds. The van der Waals surface area contributed by atoms with Crippen molar-refractivity contribution in [3.8, 4) is 5.75 Å². The molecule has 1 unspecified atom stereocenters. The molecule has 2 atom stereocenters. The van der Waals surface area contributed by atoms with Gasteiger partial charge in [-0.2, -0.15) is 0 Å². The minimum absolute atomic E-state index is 0.0875. The third-order valence-corrected chi connectivity index (χ3v) is 7.95. The zero-order chi connectivity index (χ0) is 30.3. The molecular formula is C31H26ClN3O7S. The van der Waals surface area contributed by atoms with Crippen LogP contribution in [0.1, 0.15) is 27.6 Å². The van der Waals surface area contributed by atoms with Gasteiger partial charge in [0.25, 0.3) is 5.69 Å². The van der Waals surface area contributed by atoms with Crippen LogP contribution >= 0.6 is 22.9 Å². The molecule has 1 aromatic heterocycles. The summed E-state index contributed by atoms with van der Waals surface area (Å²) in [7, 11) is 0. The van der Waals surface area contributed by atoms with Gasteiger partial charge in [-0.25, -0.2) is 4.79 Å². The van der Waals surface area contributed by atoms with Crippen molar-refractivity contribution in [3.05, 3.63) is 127 Å². The van der Waals surface area contributed by atoms with Crippen LogP contribution in [0.5, 0.6) is 5.75 Å². The Kier molecular flexibility index (Phi) is 9.33. The molecular weight excluding hydrogens is 594 g/mol. The number of amides is 2. The number of β-lactam (4-membered cyclic amide) rings is 1. The smallest absolute Gasteiger partial charge is 0.333 e. The number of nitro benzene ring substituents is 1. The molecule has 1 N–H and O–H groups in total. The monoisotopic (exact) mass is 619 g/mol. The molecule has 1 saturated heterocycles. The fourth-order valence-corrected chi connectivity index (χ4v) is 5.49. The van der Waals surface area contributed by atoms with Crippen LogP contribution < -0.4 is 10.1 Å². The number of ether oxygens (including phenoxy) is 2. The molecule has 0 bridgehead atoms. The first-order valence-electron chi connectivity index (χ1n) is 13.3.